The molecule has 0 saturated heterocycles. The molecule has 0 fully saturated rings. The Labute approximate surface area is 366 Å². The number of aromatic nitrogens is 5. The van der Waals surface area contributed by atoms with Crippen LogP contribution in [0.2, 0.25) is 0 Å². The van der Waals surface area contributed by atoms with Crippen LogP contribution in [0.5, 0.6) is 0 Å². The highest BCUT2D eigenvalue weighted by molar-refractivity contribution is 7.26. The lowest BCUT2D eigenvalue weighted by Gasteiger charge is -2.13. The van der Waals surface area contributed by atoms with E-state index in [-0.39, 0.29) is 0 Å². The zero-order chi connectivity index (χ0) is 41.4. The molecule has 0 radical (unpaired) electrons. The van der Waals surface area contributed by atoms with Crippen molar-refractivity contribution in [3.8, 4) is 56.7 Å². The number of thiophene rings is 1. The molecule has 4 aromatic heterocycles. The number of rotatable bonds is 6. The van der Waals surface area contributed by atoms with Gasteiger partial charge < -0.3 is 9.13 Å². The van der Waals surface area contributed by atoms with Crippen LogP contribution in [0.4, 0.5) is 0 Å². The Bertz CT molecular complexity index is 3850. The summed E-state index contributed by atoms with van der Waals surface area (Å²) in [7, 11) is 0. The van der Waals surface area contributed by atoms with E-state index in [0.717, 1.165) is 39.1 Å². The lowest BCUT2D eigenvalue weighted by atomic mass is 10.0. The Morgan fingerprint density at radius 1 is 0.286 bits per heavy atom. The van der Waals surface area contributed by atoms with Crippen molar-refractivity contribution in [1.29, 1.82) is 0 Å². The van der Waals surface area contributed by atoms with Gasteiger partial charge in [-0.25, -0.2) is 15.0 Å². The van der Waals surface area contributed by atoms with Crippen LogP contribution in [0.1, 0.15) is 0 Å². The van der Waals surface area contributed by atoms with Gasteiger partial charge in [-0.2, -0.15) is 0 Å². The SMILES string of the molecule is c1ccc(-c2ccc3c4ccccc4n(-c4ccc5c6c7c(ccc6n(-c6cccc(-c8nc(-c9ccccc9)nc(-c9ccccc9)n8)c6)c5c4)sc4ccccc47)c3c2)cc1. The van der Waals surface area contributed by atoms with E-state index < -0.39 is 0 Å². The molecular formula is C57H35N5S. The van der Waals surface area contributed by atoms with Crippen LogP contribution >= 0.6 is 11.3 Å². The first-order valence-corrected chi connectivity index (χ1v) is 22.0. The first-order chi connectivity index (χ1) is 31.2. The Morgan fingerprint density at radius 2 is 0.841 bits per heavy atom. The molecule has 4 heterocycles. The monoisotopic (exact) mass is 821 g/mol. The summed E-state index contributed by atoms with van der Waals surface area (Å²) in [5, 5.41) is 7.49. The van der Waals surface area contributed by atoms with Crippen LogP contribution in [-0.2, 0) is 0 Å². The van der Waals surface area contributed by atoms with Gasteiger partial charge in [0.05, 0.1) is 22.1 Å². The summed E-state index contributed by atoms with van der Waals surface area (Å²) in [5.74, 6) is 1.90. The molecule has 0 spiro atoms. The van der Waals surface area contributed by atoms with Gasteiger partial charge in [-0.05, 0) is 65.7 Å². The maximum Gasteiger partial charge on any atom is 0.164 e. The third-order valence-corrected chi connectivity index (χ3v) is 13.5. The molecule has 0 atom stereocenters. The fraction of sp³-hybridized carbons (Fsp3) is 0. The largest absolute Gasteiger partial charge is 0.309 e. The summed E-state index contributed by atoms with van der Waals surface area (Å²) in [6.45, 7) is 0. The number of hydrogen-bond acceptors (Lipinski definition) is 4. The van der Waals surface area contributed by atoms with Crippen molar-refractivity contribution in [3.63, 3.8) is 0 Å². The normalized spacial score (nSPS) is 11.8. The fourth-order valence-corrected chi connectivity index (χ4v) is 10.6. The number of para-hydroxylation sites is 1. The van der Waals surface area contributed by atoms with Crippen molar-refractivity contribution in [2.75, 3.05) is 0 Å². The zero-order valence-electron chi connectivity index (χ0n) is 33.9. The highest BCUT2D eigenvalue weighted by atomic mass is 32.1. The second kappa shape index (κ2) is 14.2. The lowest BCUT2D eigenvalue weighted by Crippen LogP contribution is -2.01. The van der Waals surface area contributed by atoms with Crippen molar-refractivity contribution in [1.82, 2.24) is 24.1 Å². The molecule has 0 aliphatic rings. The predicted octanol–water partition coefficient (Wildman–Crippen LogP) is 15.1. The smallest absolute Gasteiger partial charge is 0.164 e. The lowest BCUT2D eigenvalue weighted by molar-refractivity contribution is 1.07. The Hall–Kier alpha value is -8.19. The molecule has 294 valence electrons. The second-order valence-corrected chi connectivity index (χ2v) is 17.1. The summed E-state index contributed by atoms with van der Waals surface area (Å²) in [6.07, 6.45) is 0. The van der Waals surface area contributed by atoms with Crippen LogP contribution in [0.15, 0.2) is 212 Å². The minimum atomic E-state index is 0.622. The summed E-state index contributed by atoms with van der Waals surface area (Å²) in [6, 6.07) is 75.7. The first kappa shape index (κ1) is 35.6. The topological polar surface area (TPSA) is 48.5 Å². The van der Waals surface area contributed by atoms with E-state index in [9.17, 15) is 0 Å². The average Bonchev–Trinajstić information content (AvgIpc) is 4.02. The molecule has 63 heavy (non-hydrogen) atoms. The Kier molecular flexibility index (Phi) is 8.01. The molecule has 13 rings (SSSR count). The van der Waals surface area contributed by atoms with Crippen molar-refractivity contribution in [2.45, 2.75) is 0 Å². The number of benzene rings is 9. The van der Waals surface area contributed by atoms with Gasteiger partial charge in [0.2, 0.25) is 0 Å². The fourth-order valence-electron chi connectivity index (χ4n) is 9.51. The number of nitrogens with zero attached hydrogens (tertiary/aromatic N) is 5. The maximum atomic E-state index is 5.12. The van der Waals surface area contributed by atoms with E-state index in [1.807, 2.05) is 47.7 Å². The molecule has 13 aromatic rings. The van der Waals surface area contributed by atoms with Gasteiger partial charge in [0.15, 0.2) is 17.5 Å². The van der Waals surface area contributed by atoms with Gasteiger partial charge >= 0.3 is 0 Å². The van der Waals surface area contributed by atoms with E-state index in [0.29, 0.717) is 17.5 Å². The minimum Gasteiger partial charge on any atom is -0.309 e. The number of hydrogen-bond donors (Lipinski definition) is 0. The van der Waals surface area contributed by atoms with E-state index in [4.69, 9.17) is 15.0 Å². The molecule has 0 N–H and O–H groups in total. The molecule has 0 amide bonds. The van der Waals surface area contributed by atoms with Crippen LogP contribution < -0.4 is 0 Å². The molecule has 0 bridgehead atoms. The number of fused-ring (bicyclic) bond motifs is 10. The third kappa shape index (κ3) is 5.73. The highest BCUT2D eigenvalue weighted by Gasteiger charge is 2.21. The summed E-state index contributed by atoms with van der Waals surface area (Å²) in [4.78, 5) is 15.2. The van der Waals surface area contributed by atoms with Crippen LogP contribution in [-0.4, -0.2) is 24.1 Å². The summed E-state index contributed by atoms with van der Waals surface area (Å²) in [5.41, 5.74) is 11.9. The molecule has 0 aliphatic heterocycles. The molecular weight excluding hydrogens is 787 g/mol. The van der Waals surface area contributed by atoms with Gasteiger partial charge in [0, 0.05) is 69.8 Å². The van der Waals surface area contributed by atoms with Crippen molar-refractivity contribution in [2.24, 2.45) is 0 Å². The molecule has 6 heteroatoms. The molecule has 5 nitrogen and oxygen atoms in total. The molecule has 9 aromatic carbocycles. The van der Waals surface area contributed by atoms with Crippen molar-refractivity contribution in [3.05, 3.63) is 212 Å². The van der Waals surface area contributed by atoms with Gasteiger partial charge in [0.1, 0.15) is 0 Å². The van der Waals surface area contributed by atoms with E-state index >= 15 is 0 Å². The van der Waals surface area contributed by atoms with E-state index in [1.54, 1.807) is 0 Å². The van der Waals surface area contributed by atoms with Crippen LogP contribution in [0.3, 0.4) is 0 Å². The van der Waals surface area contributed by atoms with Crippen molar-refractivity contribution >= 4 is 75.1 Å². The predicted molar refractivity (Wildman–Crippen MR) is 263 cm³/mol. The first-order valence-electron chi connectivity index (χ1n) is 21.2. The Morgan fingerprint density at radius 3 is 1.59 bits per heavy atom. The molecule has 0 unspecified atom stereocenters. The van der Waals surface area contributed by atoms with Gasteiger partial charge in [0.25, 0.3) is 0 Å². The van der Waals surface area contributed by atoms with Gasteiger partial charge in [-0.3, -0.25) is 0 Å². The summed E-state index contributed by atoms with van der Waals surface area (Å²) < 4.78 is 7.44. The third-order valence-electron chi connectivity index (χ3n) is 12.4. The zero-order valence-corrected chi connectivity index (χ0v) is 34.7. The van der Waals surface area contributed by atoms with E-state index in [2.05, 4.69) is 185 Å². The van der Waals surface area contributed by atoms with Gasteiger partial charge in [-0.15, -0.1) is 11.3 Å². The van der Waals surface area contributed by atoms with Crippen molar-refractivity contribution < 1.29 is 0 Å². The maximum absolute atomic E-state index is 5.12. The molecule has 0 aliphatic carbocycles. The summed E-state index contributed by atoms with van der Waals surface area (Å²) >= 11 is 1.86. The minimum absolute atomic E-state index is 0.622. The van der Waals surface area contributed by atoms with Crippen LogP contribution in [0, 0.1) is 0 Å². The second-order valence-electron chi connectivity index (χ2n) is 16.0. The average molecular weight is 822 g/mol. The highest BCUT2D eigenvalue weighted by Crippen LogP contribution is 2.45. The van der Waals surface area contributed by atoms with Gasteiger partial charge in [-0.1, -0.05) is 158 Å². The quantitative estimate of drug-likeness (QED) is 0.168. The Balaban J connectivity index is 1.08. The molecule has 0 saturated carbocycles. The van der Waals surface area contributed by atoms with Crippen LogP contribution in [0.25, 0.3) is 120 Å². The standard InChI is InChI=1S/C57H35N5S/c1-4-15-36(16-5-1)39-27-29-44-43-23-10-12-25-47(43)61(49(44)34-39)42-28-30-45-50(35-42)62(48-31-32-52-54(53(45)48)46-24-11-13-26-51(46)63-52)41-22-14-21-40(33-41)57-59-55(37-17-6-2-7-18-37)58-56(60-57)38-19-8-3-9-20-38/h1-35H. The van der Waals surface area contributed by atoms with E-state index in [1.165, 1.54) is 63.9 Å².